The van der Waals surface area contributed by atoms with Crippen LogP contribution in [0.4, 0.5) is 0 Å². The standard InChI is InChI=1S/C13H17ClO2/c1-13(2,3)8-10(15)9-16-12-7-5-4-6-11(12)14/h4-7H,8-9H2,1-3H3. The predicted octanol–water partition coefficient (Wildman–Crippen LogP) is 3.72. The molecule has 0 aliphatic heterocycles. The lowest BCUT2D eigenvalue weighted by Crippen LogP contribution is -2.18. The van der Waals surface area contributed by atoms with Crippen LogP contribution in [0.25, 0.3) is 0 Å². The van der Waals surface area contributed by atoms with Crippen molar-refractivity contribution >= 4 is 17.4 Å². The normalized spacial score (nSPS) is 11.2. The summed E-state index contributed by atoms with van der Waals surface area (Å²) in [5, 5.41) is 0.533. The topological polar surface area (TPSA) is 26.3 Å². The molecule has 0 unspecified atom stereocenters. The third kappa shape index (κ3) is 4.67. The van der Waals surface area contributed by atoms with Gasteiger partial charge in [-0.05, 0) is 17.5 Å². The maximum Gasteiger partial charge on any atom is 0.170 e. The second-order valence-electron chi connectivity index (χ2n) is 5.00. The maximum atomic E-state index is 11.6. The summed E-state index contributed by atoms with van der Waals surface area (Å²) in [4.78, 5) is 11.6. The first-order valence-electron chi connectivity index (χ1n) is 5.27. The Labute approximate surface area is 102 Å². The van der Waals surface area contributed by atoms with Gasteiger partial charge in [-0.25, -0.2) is 0 Å². The maximum absolute atomic E-state index is 11.6. The van der Waals surface area contributed by atoms with Crippen LogP contribution in [0, 0.1) is 5.41 Å². The van der Waals surface area contributed by atoms with Crippen molar-refractivity contribution in [2.75, 3.05) is 6.61 Å². The Bertz CT molecular complexity index is 366. The number of carbonyl (C=O) groups is 1. The molecule has 0 atom stereocenters. The lowest BCUT2D eigenvalue weighted by molar-refractivity contribution is -0.122. The van der Waals surface area contributed by atoms with E-state index in [1.54, 1.807) is 12.1 Å². The van der Waals surface area contributed by atoms with Crippen molar-refractivity contribution in [3.8, 4) is 5.75 Å². The summed E-state index contributed by atoms with van der Waals surface area (Å²) in [7, 11) is 0. The van der Waals surface area contributed by atoms with Crippen molar-refractivity contribution in [1.29, 1.82) is 0 Å². The van der Waals surface area contributed by atoms with Crippen LogP contribution in [-0.4, -0.2) is 12.4 Å². The fraction of sp³-hybridized carbons (Fsp3) is 0.462. The van der Waals surface area contributed by atoms with E-state index < -0.39 is 0 Å². The van der Waals surface area contributed by atoms with Crippen LogP contribution in [0.3, 0.4) is 0 Å². The van der Waals surface area contributed by atoms with E-state index in [4.69, 9.17) is 16.3 Å². The van der Waals surface area contributed by atoms with Gasteiger partial charge in [-0.15, -0.1) is 0 Å². The molecule has 1 rings (SSSR count). The van der Waals surface area contributed by atoms with E-state index in [-0.39, 0.29) is 17.8 Å². The molecule has 0 saturated heterocycles. The highest BCUT2D eigenvalue weighted by atomic mass is 35.5. The molecule has 0 N–H and O–H groups in total. The number of carbonyl (C=O) groups excluding carboxylic acids is 1. The number of benzene rings is 1. The van der Waals surface area contributed by atoms with Gasteiger partial charge >= 0.3 is 0 Å². The first-order chi connectivity index (χ1) is 7.38. The molecule has 1 aromatic carbocycles. The lowest BCUT2D eigenvalue weighted by Gasteiger charge is -2.16. The number of Topliss-reactive ketones (excluding diaryl/α,β-unsaturated/α-hetero) is 1. The second kappa shape index (κ2) is 5.35. The molecular weight excluding hydrogens is 224 g/mol. The number of hydrogen-bond acceptors (Lipinski definition) is 2. The molecular formula is C13H17ClO2. The monoisotopic (exact) mass is 240 g/mol. The Kier molecular flexibility index (Phi) is 4.36. The Balaban J connectivity index is 2.47. The third-order valence-electron chi connectivity index (χ3n) is 1.95. The molecule has 3 heteroatoms. The summed E-state index contributed by atoms with van der Waals surface area (Å²) in [5.74, 6) is 0.652. The highest BCUT2D eigenvalue weighted by molar-refractivity contribution is 6.32. The average Bonchev–Trinajstić information content (AvgIpc) is 2.14. The number of ether oxygens (including phenoxy) is 1. The van der Waals surface area contributed by atoms with Crippen molar-refractivity contribution in [1.82, 2.24) is 0 Å². The van der Waals surface area contributed by atoms with Gasteiger partial charge in [0.1, 0.15) is 12.4 Å². The van der Waals surface area contributed by atoms with Crippen LogP contribution in [0.15, 0.2) is 24.3 Å². The predicted molar refractivity (Wildman–Crippen MR) is 66.0 cm³/mol. The molecule has 0 aliphatic rings. The molecule has 0 aliphatic carbocycles. The van der Waals surface area contributed by atoms with Crippen LogP contribution in [-0.2, 0) is 4.79 Å². The highest BCUT2D eigenvalue weighted by Gasteiger charge is 2.16. The molecule has 0 amide bonds. The number of hydrogen-bond donors (Lipinski definition) is 0. The van der Waals surface area contributed by atoms with Crippen molar-refractivity contribution in [3.05, 3.63) is 29.3 Å². The quantitative estimate of drug-likeness (QED) is 0.802. The van der Waals surface area contributed by atoms with E-state index in [0.29, 0.717) is 17.2 Å². The van der Waals surface area contributed by atoms with E-state index in [1.807, 2.05) is 32.9 Å². The van der Waals surface area contributed by atoms with E-state index in [2.05, 4.69) is 0 Å². The zero-order valence-corrected chi connectivity index (χ0v) is 10.7. The Morgan fingerprint density at radius 3 is 2.50 bits per heavy atom. The van der Waals surface area contributed by atoms with Crippen LogP contribution < -0.4 is 4.74 Å². The van der Waals surface area contributed by atoms with Gasteiger partial charge in [-0.3, -0.25) is 4.79 Å². The van der Waals surface area contributed by atoms with Gasteiger partial charge < -0.3 is 4.74 Å². The summed E-state index contributed by atoms with van der Waals surface area (Å²) in [6.07, 6.45) is 0.511. The molecule has 2 nitrogen and oxygen atoms in total. The first kappa shape index (κ1) is 13.0. The number of ketones is 1. The van der Waals surface area contributed by atoms with Crippen LogP contribution in [0.2, 0.25) is 5.02 Å². The van der Waals surface area contributed by atoms with Gasteiger partial charge in [0.05, 0.1) is 5.02 Å². The SMILES string of the molecule is CC(C)(C)CC(=O)COc1ccccc1Cl. The smallest absolute Gasteiger partial charge is 0.170 e. The van der Waals surface area contributed by atoms with Crippen molar-refractivity contribution in [2.45, 2.75) is 27.2 Å². The first-order valence-corrected chi connectivity index (χ1v) is 5.65. The molecule has 0 saturated carbocycles. The van der Waals surface area contributed by atoms with Gasteiger partial charge in [-0.2, -0.15) is 0 Å². The molecule has 88 valence electrons. The Morgan fingerprint density at radius 1 is 1.31 bits per heavy atom. The minimum absolute atomic E-state index is 0.000918. The van der Waals surface area contributed by atoms with Gasteiger partial charge in [-0.1, -0.05) is 44.5 Å². The highest BCUT2D eigenvalue weighted by Crippen LogP contribution is 2.24. The number of rotatable bonds is 4. The Hall–Kier alpha value is -1.02. The fourth-order valence-electron chi connectivity index (χ4n) is 1.36. The van der Waals surface area contributed by atoms with E-state index in [0.717, 1.165) is 0 Å². The molecule has 0 radical (unpaired) electrons. The molecule has 1 aromatic rings. The summed E-state index contributed by atoms with van der Waals surface area (Å²) in [6.45, 7) is 6.17. The molecule has 0 heterocycles. The molecule has 0 aromatic heterocycles. The van der Waals surface area contributed by atoms with Crippen molar-refractivity contribution in [2.24, 2.45) is 5.41 Å². The van der Waals surface area contributed by atoms with Gasteiger partial charge in [0, 0.05) is 6.42 Å². The second-order valence-corrected chi connectivity index (χ2v) is 5.40. The summed E-state index contributed by atoms with van der Waals surface area (Å²) < 4.78 is 5.36. The van der Waals surface area contributed by atoms with Crippen LogP contribution in [0.5, 0.6) is 5.75 Å². The number of para-hydroxylation sites is 1. The summed E-state index contributed by atoms with van der Waals surface area (Å²) in [5.41, 5.74) is 0.000918. The summed E-state index contributed by atoms with van der Waals surface area (Å²) >= 11 is 5.90. The van der Waals surface area contributed by atoms with Crippen molar-refractivity contribution < 1.29 is 9.53 Å². The van der Waals surface area contributed by atoms with Crippen LogP contribution in [0.1, 0.15) is 27.2 Å². The fourth-order valence-corrected chi connectivity index (χ4v) is 1.55. The third-order valence-corrected chi connectivity index (χ3v) is 2.27. The van der Waals surface area contributed by atoms with Crippen molar-refractivity contribution in [3.63, 3.8) is 0 Å². The van der Waals surface area contributed by atoms with E-state index in [1.165, 1.54) is 0 Å². The van der Waals surface area contributed by atoms with E-state index in [9.17, 15) is 4.79 Å². The van der Waals surface area contributed by atoms with E-state index >= 15 is 0 Å². The molecule has 0 fully saturated rings. The van der Waals surface area contributed by atoms with Gasteiger partial charge in [0.2, 0.25) is 0 Å². The molecule has 0 spiro atoms. The zero-order valence-electron chi connectivity index (χ0n) is 9.92. The number of halogens is 1. The molecule has 0 bridgehead atoms. The largest absolute Gasteiger partial charge is 0.484 e. The average molecular weight is 241 g/mol. The minimum atomic E-state index is 0.000918. The van der Waals surface area contributed by atoms with Gasteiger partial charge in [0.15, 0.2) is 5.78 Å². The summed E-state index contributed by atoms with van der Waals surface area (Å²) in [6, 6.07) is 7.15. The minimum Gasteiger partial charge on any atom is -0.484 e. The van der Waals surface area contributed by atoms with Gasteiger partial charge in [0.25, 0.3) is 0 Å². The molecule has 16 heavy (non-hydrogen) atoms. The Morgan fingerprint density at radius 2 is 1.94 bits per heavy atom. The van der Waals surface area contributed by atoms with Crippen LogP contribution >= 0.6 is 11.6 Å². The lowest BCUT2D eigenvalue weighted by atomic mass is 9.90. The zero-order chi connectivity index (χ0) is 12.2.